The number of nitrogens with one attached hydrogen (secondary N) is 2. The number of nitrogens with zero attached hydrogens (tertiary/aromatic N) is 2. The van der Waals surface area contributed by atoms with Crippen LogP contribution in [0.5, 0.6) is 0 Å². The number of amides is 1. The van der Waals surface area contributed by atoms with E-state index in [0.717, 1.165) is 10.6 Å². The van der Waals surface area contributed by atoms with Gasteiger partial charge in [-0.05, 0) is 24.3 Å². The number of halogens is 3. The molecule has 12 heteroatoms. The third-order valence-corrected chi connectivity index (χ3v) is 3.73. The molecule has 3 aromatic rings. The molecule has 0 radical (unpaired) electrons. The van der Waals surface area contributed by atoms with Gasteiger partial charge in [-0.2, -0.15) is 13.2 Å². The van der Waals surface area contributed by atoms with Crippen LogP contribution in [0, 0.1) is 10.1 Å². The van der Waals surface area contributed by atoms with Crippen molar-refractivity contribution in [3.05, 3.63) is 68.7 Å². The fourth-order valence-electron chi connectivity index (χ4n) is 2.45. The Kier molecular flexibility index (Phi) is 4.78. The molecule has 3 rings (SSSR count). The minimum absolute atomic E-state index is 0.270. The number of nitro groups is 1. The van der Waals surface area contributed by atoms with Gasteiger partial charge in [-0.1, -0.05) is 12.1 Å². The minimum Gasteiger partial charge on any atom is -0.408 e. The first kappa shape index (κ1) is 18.9. The lowest BCUT2D eigenvalue weighted by Crippen LogP contribution is -2.34. The van der Waals surface area contributed by atoms with Gasteiger partial charge in [-0.25, -0.2) is 4.79 Å². The fourth-order valence-corrected chi connectivity index (χ4v) is 2.45. The van der Waals surface area contributed by atoms with E-state index in [1.165, 1.54) is 6.07 Å². The summed E-state index contributed by atoms with van der Waals surface area (Å²) in [5, 5.41) is 11.0. The third-order valence-electron chi connectivity index (χ3n) is 3.73. The number of hydrogen-bond acceptors (Lipinski definition) is 6. The zero-order chi connectivity index (χ0) is 20.5. The van der Waals surface area contributed by atoms with Crippen molar-refractivity contribution >= 4 is 28.4 Å². The molecule has 9 nitrogen and oxygen atoms in total. The second-order valence-corrected chi connectivity index (χ2v) is 5.58. The number of alkyl halides is 3. The predicted octanol–water partition coefficient (Wildman–Crippen LogP) is 2.66. The number of oxazole rings is 1. The van der Waals surface area contributed by atoms with Crippen LogP contribution >= 0.6 is 0 Å². The van der Waals surface area contributed by atoms with Crippen LogP contribution in [-0.4, -0.2) is 15.4 Å². The van der Waals surface area contributed by atoms with E-state index in [2.05, 4.69) is 10.9 Å². The van der Waals surface area contributed by atoms with Crippen molar-refractivity contribution in [2.75, 3.05) is 5.43 Å². The Hall–Kier alpha value is -3.83. The molecule has 0 unspecified atom stereocenters. The summed E-state index contributed by atoms with van der Waals surface area (Å²) < 4.78 is 44.1. The van der Waals surface area contributed by atoms with Crippen LogP contribution in [0.25, 0.3) is 11.1 Å². The standard InChI is InChI=1S/C16H11F3N4O5/c17-16(18,19)9-5-6-10(12(7-9)23(26)27)20-21-14(24)8-22-11-3-1-2-4-13(11)28-15(22)25/h1-7,20H,8H2,(H,21,24). The summed E-state index contributed by atoms with van der Waals surface area (Å²) in [4.78, 5) is 33.9. The Morgan fingerprint density at radius 3 is 2.61 bits per heavy atom. The molecule has 1 heterocycles. The van der Waals surface area contributed by atoms with Crippen LogP contribution in [0.2, 0.25) is 0 Å². The van der Waals surface area contributed by atoms with Crippen molar-refractivity contribution in [2.24, 2.45) is 0 Å². The molecule has 0 atom stereocenters. The zero-order valence-corrected chi connectivity index (χ0v) is 13.8. The summed E-state index contributed by atoms with van der Waals surface area (Å²) in [7, 11) is 0. The van der Waals surface area contributed by atoms with E-state index >= 15 is 0 Å². The first-order valence-electron chi connectivity index (χ1n) is 7.65. The van der Waals surface area contributed by atoms with Gasteiger partial charge in [0.15, 0.2) is 5.58 Å². The molecule has 0 aliphatic rings. The van der Waals surface area contributed by atoms with Gasteiger partial charge in [-0.15, -0.1) is 0 Å². The number of aromatic nitrogens is 1. The van der Waals surface area contributed by atoms with E-state index < -0.39 is 40.6 Å². The Balaban J connectivity index is 1.76. The quantitative estimate of drug-likeness (QED) is 0.506. The molecule has 1 aromatic heterocycles. The number of carbonyl (C=O) groups excluding carboxylic acids is 1. The molecule has 0 spiro atoms. The van der Waals surface area contributed by atoms with Crippen LogP contribution in [0.15, 0.2) is 51.7 Å². The van der Waals surface area contributed by atoms with Gasteiger partial charge in [0.05, 0.1) is 16.0 Å². The average Bonchev–Trinajstić information content (AvgIpc) is 2.94. The Morgan fingerprint density at radius 1 is 1.21 bits per heavy atom. The van der Waals surface area contributed by atoms with Crippen molar-refractivity contribution in [3.63, 3.8) is 0 Å². The minimum atomic E-state index is -4.75. The van der Waals surface area contributed by atoms with Crippen molar-refractivity contribution in [1.82, 2.24) is 9.99 Å². The highest BCUT2D eigenvalue weighted by molar-refractivity contribution is 5.81. The summed E-state index contributed by atoms with van der Waals surface area (Å²) >= 11 is 0. The fraction of sp³-hybridized carbons (Fsp3) is 0.125. The van der Waals surface area contributed by atoms with Crippen LogP contribution in [0.4, 0.5) is 24.5 Å². The van der Waals surface area contributed by atoms with E-state index in [1.54, 1.807) is 18.2 Å². The molecule has 146 valence electrons. The van der Waals surface area contributed by atoms with Gasteiger partial charge in [0.1, 0.15) is 12.2 Å². The third kappa shape index (κ3) is 3.79. The van der Waals surface area contributed by atoms with Crippen molar-refractivity contribution in [1.29, 1.82) is 0 Å². The highest BCUT2D eigenvalue weighted by Gasteiger charge is 2.33. The van der Waals surface area contributed by atoms with Crippen LogP contribution in [0.1, 0.15) is 5.56 Å². The van der Waals surface area contributed by atoms with E-state index in [0.29, 0.717) is 17.6 Å². The predicted molar refractivity (Wildman–Crippen MR) is 90.3 cm³/mol. The second kappa shape index (κ2) is 7.06. The zero-order valence-electron chi connectivity index (χ0n) is 13.8. The number of rotatable bonds is 5. The number of para-hydroxylation sites is 2. The molecule has 28 heavy (non-hydrogen) atoms. The van der Waals surface area contributed by atoms with E-state index in [4.69, 9.17) is 4.42 Å². The van der Waals surface area contributed by atoms with Crippen LogP contribution in [0.3, 0.4) is 0 Å². The molecule has 2 N–H and O–H groups in total. The van der Waals surface area contributed by atoms with Gasteiger partial charge in [-0.3, -0.25) is 30.3 Å². The van der Waals surface area contributed by atoms with Crippen molar-refractivity contribution in [3.8, 4) is 0 Å². The maximum Gasteiger partial charge on any atom is 0.420 e. The molecule has 1 amide bonds. The summed E-state index contributed by atoms with van der Waals surface area (Å²) in [6.07, 6.45) is -4.75. The molecule has 0 aliphatic carbocycles. The first-order chi connectivity index (χ1) is 13.2. The highest BCUT2D eigenvalue weighted by atomic mass is 19.4. The van der Waals surface area contributed by atoms with E-state index in [9.17, 15) is 32.9 Å². The number of hydrogen-bond donors (Lipinski definition) is 2. The summed E-state index contributed by atoms with van der Waals surface area (Å²) in [6.45, 7) is -0.475. The first-order valence-corrected chi connectivity index (χ1v) is 7.65. The summed E-state index contributed by atoms with van der Waals surface area (Å²) in [5.41, 5.74) is 2.51. The van der Waals surface area contributed by atoms with Crippen molar-refractivity contribution < 1.29 is 27.3 Å². The lowest BCUT2D eigenvalue weighted by Gasteiger charge is -2.11. The number of hydrazine groups is 1. The van der Waals surface area contributed by atoms with E-state index in [-0.39, 0.29) is 11.3 Å². The smallest absolute Gasteiger partial charge is 0.408 e. The lowest BCUT2D eigenvalue weighted by atomic mass is 10.1. The van der Waals surface area contributed by atoms with Crippen LogP contribution in [-0.2, 0) is 17.5 Å². The van der Waals surface area contributed by atoms with Gasteiger partial charge in [0.25, 0.3) is 11.6 Å². The Morgan fingerprint density at radius 2 is 1.93 bits per heavy atom. The van der Waals surface area contributed by atoms with Gasteiger partial charge < -0.3 is 4.42 Å². The number of nitro benzene ring substituents is 1. The normalized spacial score (nSPS) is 11.4. The summed E-state index contributed by atoms with van der Waals surface area (Å²) in [6, 6.07) is 8.17. The van der Waals surface area contributed by atoms with Gasteiger partial charge >= 0.3 is 11.9 Å². The Bertz CT molecular complexity index is 1120. The van der Waals surface area contributed by atoms with Gasteiger partial charge in [0.2, 0.25) is 0 Å². The molecule has 0 fully saturated rings. The second-order valence-electron chi connectivity index (χ2n) is 5.58. The molecule has 0 saturated heterocycles. The SMILES string of the molecule is O=C(Cn1c(=O)oc2ccccc21)NNc1ccc(C(F)(F)F)cc1[N+](=O)[O-]. The maximum atomic E-state index is 12.7. The number of anilines is 1. The number of fused-ring (bicyclic) bond motifs is 1. The average molecular weight is 396 g/mol. The molecule has 0 saturated carbocycles. The molecule has 0 aliphatic heterocycles. The molecule has 2 aromatic carbocycles. The molecule has 0 bridgehead atoms. The lowest BCUT2D eigenvalue weighted by molar-refractivity contribution is -0.384. The van der Waals surface area contributed by atoms with Gasteiger partial charge in [0, 0.05) is 6.07 Å². The van der Waals surface area contributed by atoms with E-state index in [1.807, 2.05) is 0 Å². The maximum absolute atomic E-state index is 12.7. The number of benzene rings is 2. The Labute approximate surface area is 153 Å². The highest BCUT2D eigenvalue weighted by Crippen LogP contribution is 2.34. The molecular formula is C16H11F3N4O5. The molecular weight excluding hydrogens is 385 g/mol. The van der Waals surface area contributed by atoms with Crippen molar-refractivity contribution in [2.45, 2.75) is 12.7 Å². The largest absolute Gasteiger partial charge is 0.420 e. The van der Waals surface area contributed by atoms with Crippen LogP contribution < -0.4 is 16.6 Å². The monoisotopic (exact) mass is 396 g/mol. The topological polar surface area (TPSA) is 119 Å². The summed E-state index contributed by atoms with van der Waals surface area (Å²) in [5.74, 6) is -1.56. The number of carbonyl (C=O) groups is 1.